The fraction of sp³-hybridized carbons (Fsp3) is 0.303. The van der Waals surface area contributed by atoms with Crippen LogP contribution in [0.15, 0.2) is 65.2 Å². The van der Waals surface area contributed by atoms with Gasteiger partial charge < -0.3 is 24.6 Å². The molecule has 8 nitrogen and oxygen atoms in total. The Hall–Kier alpha value is -3.92. The van der Waals surface area contributed by atoms with Gasteiger partial charge in [0.05, 0.1) is 34.0 Å². The molecule has 226 valence electrons. The highest BCUT2D eigenvalue weighted by Crippen LogP contribution is 2.47. The Labute approximate surface area is 262 Å². The molecular weight excluding hydrogens is 608 g/mol. The molecule has 2 saturated heterocycles. The number of carboxylic acids is 1. The number of carbonyl (C=O) groups is 2. The van der Waals surface area contributed by atoms with Crippen molar-refractivity contribution in [2.75, 3.05) is 5.32 Å². The SMILES string of the molecule is O=C(O)c1cc(F)c(NC(=O)N2C3CC(OCc4c(-c5c(Cl)cccc5Cl)noc4C4CC4)CC2C3)cc1-c1ccccc1. The van der Waals surface area contributed by atoms with E-state index in [9.17, 15) is 19.1 Å². The Morgan fingerprint density at radius 2 is 1.73 bits per heavy atom. The molecular formula is C33H28Cl2FN3O5. The quantitative estimate of drug-likeness (QED) is 0.201. The van der Waals surface area contributed by atoms with Crippen molar-refractivity contribution in [1.82, 2.24) is 10.1 Å². The number of urea groups is 1. The topological polar surface area (TPSA) is 105 Å². The van der Waals surface area contributed by atoms with Crippen molar-refractivity contribution in [1.29, 1.82) is 0 Å². The summed E-state index contributed by atoms with van der Waals surface area (Å²) in [6.45, 7) is 0.284. The van der Waals surface area contributed by atoms with Gasteiger partial charge in [0.25, 0.3) is 0 Å². The van der Waals surface area contributed by atoms with E-state index in [1.165, 1.54) is 6.07 Å². The van der Waals surface area contributed by atoms with Gasteiger partial charge >= 0.3 is 12.0 Å². The second-order valence-corrected chi connectivity index (χ2v) is 12.4. The highest BCUT2D eigenvalue weighted by atomic mass is 35.5. The van der Waals surface area contributed by atoms with E-state index in [4.69, 9.17) is 32.5 Å². The highest BCUT2D eigenvalue weighted by Gasteiger charge is 2.48. The molecule has 2 N–H and O–H groups in total. The summed E-state index contributed by atoms with van der Waals surface area (Å²) < 4.78 is 27.1. The van der Waals surface area contributed by atoms with Gasteiger partial charge in [-0.05, 0) is 67.5 Å². The molecule has 2 amide bonds. The van der Waals surface area contributed by atoms with E-state index in [2.05, 4.69) is 10.5 Å². The predicted molar refractivity (Wildman–Crippen MR) is 164 cm³/mol. The Morgan fingerprint density at radius 3 is 2.39 bits per heavy atom. The maximum atomic E-state index is 15.0. The molecule has 2 atom stereocenters. The fourth-order valence-corrected chi connectivity index (χ4v) is 7.00. The number of rotatable bonds is 8. The van der Waals surface area contributed by atoms with Gasteiger partial charge in [-0.15, -0.1) is 0 Å². The zero-order valence-corrected chi connectivity index (χ0v) is 24.9. The largest absolute Gasteiger partial charge is 0.478 e. The monoisotopic (exact) mass is 635 g/mol. The van der Waals surface area contributed by atoms with E-state index in [1.807, 2.05) is 0 Å². The number of aromatic nitrogens is 1. The minimum Gasteiger partial charge on any atom is -0.478 e. The minimum absolute atomic E-state index is 0.0587. The number of hydrogen-bond donors (Lipinski definition) is 2. The van der Waals surface area contributed by atoms with Crippen LogP contribution in [0, 0.1) is 5.82 Å². The van der Waals surface area contributed by atoms with Gasteiger partial charge in [0, 0.05) is 29.1 Å². The van der Waals surface area contributed by atoms with Crippen LogP contribution in [0.4, 0.5) is 14.9 Å². The number of amides is 2. The van der Waals surface area contributed by atoms with Gasteiger partial charge in [-0.3, -0.25) is 0 Å². The minimum atomic E-state index is -1.25. The molecule has 2 bridgehead atoms. The summed E-state index contributed by atoms with van der Waals surface area (Å²) in [6.07, 6.45) is 4.07. The van der Waals surface area contributed by atoms with Crippen molar-refractivity contribution in [3.63, 3.8) is 0 Å². The number of nitrogens with one attached hydrogen (secondary N) is 1. The van der Waals surface area contributed by atoms with Crippen molar-refractivity contribution in [3.05, 3.63) is 93.4 Å². The number of fused-ring (bicyclic) bond motifs is 2. The molecule has 0 radical (unpaired) electrons. The first-order valence-corrected chi connectivity index (χ1v) is 15.3. The zero-order valence-electron chi connectivity index (χ0n) is 23.4. The number of carboxylic acid groups (broad SMARTS) is 1. The number of halogens is 3. The predicted octanol–water partition coefficient (Wildman–Crippen LogP) is 8.38. The van der Waals surface area contributed by atoms with Gasteiger partial charge in [-0.25, -0.2) is 14.0 Å². The molecule has 1 aromatic heterocycles. The maximum absolute atomic E-state index is 15.0. The van der Waals surface area contributed by atoms with E-state index in [-0.39, 0.29) is 36.0 Å². The van der Waals surface area contributed by atoms with Crippen LogP contribution in [0.1, 0.15) is 59.7 Å². The fourth-order valence-electron chi connectivity index (χ4n) is 6.42. The number of piperidine rings is 1. The molecule has 4 aliphatic rings. The molecule has 4 aromatic rings. The van der Waals surface area contributed by atoms with Crippen LogP contribution >= 0.6 is 23.2 Å². The molecule has 8 rings (SSSR count). The number of benzene rings is 3. The van der Waals surface area contributed by atoms with Crippen LogP contribution in [0.5, 0.6) is 0 Å². The lowest BCUT2D eigenvalue weighted by atomic mass is 9.78. The third-order valence-electron chi connectivity index (χ3n) is 8.73. The van der Waals surface area contributed by atoms with Gasteiger partial charge in [0.1, 0.15) is 17.3 Å². The summed E-state index contributed by atoms with van der Waals surface area (Å²) >= 11 is 13.0. The van der Waals surface area contributed by atoms with Crippen molar-refractivity contribution >= 4 is 40.9 Å². The van der Waals surface area contributed by atoms with Crippen molar-refractivity contribution in [2.45, 2.75) is 62.8 Å². The molecule has 2 unspecified atom stereocenters. The van der Waals surface area contributed by atoms with Gasteiger partial charge in [0.15, 0.2) is 0 Å². The maximum Gasteiger partial charge on any atom is 0.336 e. The number of nitrogens with zero attached hydrogens (tertiary/aromatic N) is 2. The smallest absolute Gasteiger partial charge is 0.336 e. The normalized spacial score (nSPS) is 20.7. The molecule has 2 saturated carbocycles. The number of carbonyl (C=O) groups excluding carboxylic acids is 1. The number of aromatic carboxylic acids is 1. The van der Waals surface area contributed by atoms with Crippen LogP contribution in [0.25, 0.3) is 22.4 Å². The number of ether oxygens (including phenoxy) is 1. The lowest BCUT2D eigenvalue weighted by Gasteiger charge is -2.54. The standard InChI is InChI=1S/C33H28Cl2FN3O5/c34-25-7-4-8-26(35)29(25)30-24(31(44-38-30)18-9-10-18)16-43-21-12-19-11-20(13-21)39(19)33(42)37-28-15-22(17-5-2-1-3-6-17)23(32(40)41)14-27(28)36/h1-8,14-15,18-21H,9-13,16H2,(H,37,42)(H,40,41). The second kappa shape index (κ2) is 11.5. The Balaban J connectivity index is 1.04. The molecule has 2 aliphatic carbocycles. The molecule has 11 heteroatoms. The van der Waals surface area contributed by atoms with E-state index >= 15 is 0 Å². The first-order valence-electron chi connectivity index (χ1n) is 14.5. The number of anilines is 1. The van der Waals surface area contributed by atoms with Crippen molar-refractivity contribution < 1.29 is 28.3 Å². The number of hydrogen-bond acceptors (Lipinski definition) is 5. The third-order valence-corrected chi connectivity index (χ3v) is 9.36. The van der Waals surface area contributed by atoms with E-state index < -0.39 is 17.8 Å². The van der Waals surface area contributed by atoms with Gasteiger partial charge in [0.2, 0.25) is 0 Å². The van der Waals surface area contributed by atoms with E-state index in [0.29, 0.717) is 51.2 Å². The van der Waals surface area contributed by atoms with Gasteiger partial charge in [-0.1, -0.05) is 64.8 Å². The van der Waals surface area contributed by atoms with Crippen LogP contribution in [-0.2, 0) is 11.3 Å². The molecule has 2 aliphatic heterocycles. The van der Waals surface area contributed by atoms with Crippen LogP contribution in [-0.4, -0.2) is 45.4 Å². The summed E-state index contributed by atoms with van der Waals surface area (Å²) in [6, 6.07) is 15.9. The summed E-state index contributed by atoms with van der Waals surface area (Å²) in [5, 5.41) is 17.6. The highest BCUT2D eigenvalue weighted by molar-refractivity contribution is 6.39. The average Bonchev–Trinajstić information content (AvgIpc) is 3.77. The molecule has 3 aromatic carbocycles. The third kappa shape index (κ3) is 5.33. The Bertz CT molecular complexity index is 1730. The van der Waals surface area contributed by atoms with Crippen molar-refractivity contribution in [2.24, 2.45) is 0 Å². The summed E-state index contributed by atoms with van der Waals surface area (Å²) in [5.74, 6) is -0.940. The van der Waals surface area contributed by atoms with Crippen molar-refractivity contribution in [3.8, 4) is 22.4 Å². The summed E-state index contributed by atoms with van der Waals surface area (Å²) in [5.41, 5.74) is 2.76. The van der Waals surface area contributed by atoms with Crippen LogP contribution < -0.4 is 5.32 Å². The van der Waals surface area contributed by atoms with E-state index in [1.54, 1.807) is 53.4 Å². The van der Waals surface area contributed by atoms with Crippen LogP contribution in [0.2, 0.25) is 10.0 Å². The Kier molecular flexibility index (Phi) is 7.56. The average molecular weight is 637 g/mol. The molecule has 4 fully saturated rings. The second-order valence-electron chi connectivity index (χ2n) is 11.6. The lowest BCUT2D eigenvalue weighted by molar-refractivity contribution is -0.0837. The molecule has 0 spiro atoms. The zero-order chi connectivity index (χ0) is 30.5. The molecule has 3 heterocycles. The summed E-state index contributed by atoms with van der Waals surface area (Å²) in [7, 11) is 0. The van der Waals surface area contributed by atoms with Gasteiger partial charge in [-0.2, -0.15) is 0 Å². The Morgan fingerprint density at radius 1 is 1.02 bits per heavy atom. The van der Waals surface area contributed by atoms with E-state index in [0.717, 1.165) is 36.7 Å². The molecule has 44 heavy (non-hydrogen) atoms. The van der Waals surface area contributed by atoms with Crippen LogP contribution in [0.3, 0.4) is 0 Å². The first-order chi connectivity index (χ1) is 21.3. The lowest BCUT2D eigenvalue weighted by Crippen LogP contribution is -2.65. The first kappa shape index (κ1) is 28.8. The summed E-state index contributed by atoms with van der Waals surface area (Å²) in [4.78, 5) is 26.9.